The van der Waals surface area contributed by atoms with E-state index < -0.39 is 30.3 Å². The summed E-state index contributed by atoms with van der Waals surface area (Å²) in [6, 6.07) is 14.3. The molecule has 0 bridgehead atoms. The largest absolute Gasteiger partial charge is 0.480 e. The second kappa shape index (κ2) is 9.70. The molecule has 0 spiro atoms. The van der Waals surface area contributed by atoms with Gasteiger partial charge in [0, 0.05) is 12.5 Å². The molecule has 0 radical (unpaired) electrons. The molecule has 1 saturated heterocycles. The molecule has 0 aromatic heterocycles. The predicted octanol–water partition coefficient (Wildman–Crippen LogP) is 3.39. The lowest BCUT2D eigenvalue weighted by Crippen LogP contribution is -2.62. The Morgan fingerprint density at radius 2 is 1.71 bits per heavy atom. The maximum atomic E-state index is 13.5. The SMILES string of the molecule is CC1OCCN(C(=O)C(NC(=O)OCC2c3ccccc3-c3ccccc32)C2CCC2)C1C(=O)O. The molecule has 2 fully saturated rings. The molecule has 2 N–H and O–H groups in total. The predicted molar refractivity (Wildman–Crippen MR) is 128 cm³/mol. The standard InChI is InChI=1S/C27H30N2O6/c1-16-24(26(31)32)29(13-14-34-16)25(30)23(17-7-6-8-17)28-27(33)35-15-22-20-11-4-2-9-18(20)19-10-3-5-12-21(19)22/h2-5,9-12,16-17,22-24H,6-8,13-15H2,1H3,(H,28,33)(H,31,32). The van der Waals surface area contributed by atoms with E-state index in [4.69, 9.17) is 9.47 Å². The minimum absolute atomic E-state index is 0.0319. The second-order valence-electron chi connectivity index (χ2n) is 9.53. The molecule has 2 aromatic rings. The van der Waals surface area contributed by atoms with Crippen LogP contribution in [0.4, 0.5) is 4.79 Å². The van der Waals surface area contributed by atoms with Gasteiger partial charge in [0.25, 0.3) is 0 Å². The number of carboxylic acids is 1. The minimum atomic E-state index is -1.11. The molecular weight excluding hydrogens is 448 g/mol. The number of nitrogens with one attached hydrogen (secondary N) is 1. The molecule has 8 nitrogen and oxygen atoms in total. The van der Waals surface area contributed by atoms with Gasteiger partial charge < -0.3 is 24.8 Å². The number of alkyl carbamates (subject to hydrolysis) is 1. The van der Waals surface area contributed by atoms with Gasteiger partial charge in [-0.25, -0.2) is 9.59 Å². The average molecular weight is 479 g/mol. The van der Waals surface area contributed by atoms with E-state index in [1.54, 1.807) is 6.92 Å². The Morgan fingerprint density at radius 3 is 2.29 bits per heavy atom. The number of rotatable bonds is 6. The number of fused-ring (bicyclic) bond motifs is 3. The number of carboxylic acid groups (broad SMARTS) is 1. The highest BCUT2D eigenvalue weighted by Crippen LogP contribution is 2.44. The van der Waals surface area contributed by atoms with Crippen LogP contribution in [0.3, 0.4) is 0 Å². The number of carbonyl (C=O) groups excluding carboxylic acids is 2. The fraction of sp³-hybridized carbons (Fsp3) is 0.444. The van der Waals surface area contributed by atoms with Gasteiger partial charge in [-0.1, -0.05) is 55.0 Å². The Kier molecular flexibility index (Phi) is 6.47. The highest BCUT2D eigenvalue weighted by atomic mass is 16.5. The van der Waals surface area contributed by atoms with Crippen molar-refractivity contribution in [2.75, 3.05) is 19.8 Å². The molecule has 184 valence electrons. The fourth-order valence-electron chi connectivity index (χ4n) is 5.50. The minimum Gasteiger partial charge on any atom is -0.480 e. The van der Waals surface area contributed by atoms with Crippen LogP contribution < -0.4 is 5.32 Å². The highest BCUT2D eigenvalue weighted by molar-refractivity contribution is 5.90. The smallest absolute Gasteiger partial charge is 0.407 e. The van der Waals surface area contributed by atoms with Crippen molar-refractivity contribution in [2.45, 2.75) is 50.3 Å². The number of amides is 2. The Balaban J connectivity index is 1.29. The van der Waals surface area contributed by atoms with Gasteiger partial charge >= 0.3 is 12.1 Å². The maximum absolute atomic E-state index is 13.5. The number of ether oxygens (including phenoxy) is 2. The van der Waals surface area contributed by atoms with Crippen LogP contribution in [0.1, 0.15) is 43.2 Å². The van der Waals surface area contributed by atoms with Gasteiger partial charge in [0.1, 0.15) is 12.6 Å². The molecule has 5 rings (SSSR count). The Bertz CT molecular complexity index is 1080. The number of hydrogen-bond donors (Lipinski definition) is 2. The topological polar surface area (TPSA) is 105 Å². The fourth-order valence-corrected chi connectivity index (χ4v) is 5.50. The molecule has 3 aliphatic rings. The first-order valence-corrected chi connectivity index (χ1v) is 12.2. The third-order valence-corrected chi connectivity index (χ3v) is 7.53. The molecule has 1 heterocycles. The average Bonchev–Trinajstić information content (AvgIpc) is 3.14. The van der Waals surface area contributed by atoms with E-state index in [-0.39, 0.29) is 37.5 Å². The lowest BCUT2D eigenvalue weighted by molar-refractivity contribution is -0.166. The molecule has 8 heteroatoms. The van der Waals surface area contributed by atoms with Crippen LogP contribution >= 0.6 is 0 Å². The molecule has 3 unspecified atom stereocenters. The quantitative estimate of drug-likeness (QED) is 0.659. The van der Waals surface area contributed by atoms with E-state index >= 15 is 0 Å². The number of carbonyl (C=O) groups is 3. The van der Waals surface area contributed by atoms with Crippen LogP contribution in [0.5, 0.6) is 0 Å². The van der Waals surface area contributed by atoms with Crippen LogP contribution in [-0.4, -0.2) is 65.9 Å². The molecule has 35 heavy (non-hydrogen) atoms. The summed E-state index contributed by atoms with van der Waals surface area (Å²) in [6.07, 6.45) is 1.30. The Hall–Kier alpha value is -3.39. The zero-order valence-electron chi connectivity index (χ0n) is 19.7. The molecular formula is C27H30N2O6. The summed E-state index contributed by atoms with van der Waals surface area (Å²) in [4.78, 5) is 39.5. The van der Waals surface area contributed by atoms with Gasteiger partial charge in [-0.3, -0.25) is 4.79 Å². The summed E-state index contributed by atoms with van der Waals surface area (Å²) >= 11 is 0. The van der Waals surface area contributed by atoms with Crippen LogP contribution in [0.2, 0.25) is 0 Å². The van der Waals surface area contributed by atoms with Crippen LogP contribution in [0.15, 0.2) is 48.5 Å². The molecule has 2 aliphatic carbocycles. The van der Waals surface area contributed by atoms with Crippen molar-refractivity contribution < 1.29 is 29.0 Å². The van der Waals surface area contributed by atoms with Crippen molar-refractivity contribution in [1.29, 1.82) is 0 Å². The monoisotopic (exact) mass is 478 g/mol. The first-order valence-electron chi connectivity index (χ1n) is 12.2. The number of aliphatic carboxylic acids is 1. The number of benzene rings is 2. The number of morpholine rings is 1. The van der Waals surface area contributed by atoms with Crippen molar-refractivity contribution in [3.63, 3.8) is 0 Å². The van der Waals surface area contributed by atoms with Crippen LogP contribution in [0, 0.1) is 5.92 Å². The van der Waals surface area contributed by atoms with Crippen molar-refractivity contribution in [3.05, 3.63) is 59.7 Å². The van der Waals surface area contributed by atoms with Crippen LogP contribution in [0.25, 0.3) is 11.1 Å². The summed E-state index contributed by atoms with van der Waals surface area (Å²) in [6.45, 7) is 2.24. The number of hydrogen-bond acceptors (Lipinski definition) is 5. The van der Waals surface area contributed by atoms with Crippen molar-refractivity contribution >= 4 is 18.0 Å². The van der Waals surface area contributed by atoms with Crippen molar-refractivity contribution in [2.24, 2.45) is 5.92 Å². The molecule has 2 amide bonds. The second-order valence-corrected chi connectivity index (χ2v) is 9.53. The van der Waals surface area contributed by atoms with E-state index in [1.807, 2.05) is 36.4 Å². The summed E-state index contributed by atoms with van der Waals surface area (Å²) in [5, 5.41) is 12.5. The van der Waals surface area contributed by atoms with E-state index in [2.05, 4.69) is 17.4 Å². The van der Waals surface area contributed by atoms with Gasteiger partial charge in [-0.05, 0) is 47.9 Å². The van der Waals surface area contributed by atoms with Crippen LogP contribution in [-0.2, 0) is 19.1 Å². The normalized spacial score (nSPS) is 22.5. The summed E-state index contributed by atoms with van der Waals surface area (Å²) in [7, 11) is 0. The summed E-state index contributed by atoms with van der Waals surface area (Å²) in [5.74, 6) is -1.61. The van der Waals surface area contributed by atoms with Gasteiger partial charge in [0.15, 0.2) is 6.04 Å². The first kappa shape index (κ1) is 23.4. The van der Waals surface area contributed by atoms with Gasteiger partial charge in [0.2, 0.25) is 5.91 Å². The summed E-state index contributed by atoms with van der Waals surface area (Å²) in [5.41, 5.74) is 4.50. The number of nitrogens with zero attached hydrogens (tertiary/aromatic N) is 1. The van der Waals surface area contributed by atoms with E-state index in [0.29, 0.717) is 0 Å². The first-order chi connectivity index (χ1) is 17.0. The maximum Gasteiger partial charge on any atom is 0.407 e. The molecule has 3 atom stereocenters. The van der Waals surface area contributed by atoms with E-state index in [0.717, 1.165) is 41.5 Å². The zero-order valence-corrected chi connectivity index (χ0v) is 19.7. The molecule has 1 saturated carbocycles. The Morgan fingerprint density at radius 1 is 1.09 bits per heavy atom. The van der Waals surface area contributed by atoms with Gasteiger partial charge in [-0.15, -0.1) is 0 Å². The third-order valence-electron chi connectivity index (χ3n) is 7.53. The molecule has 2 aromatic carbocycles. The van der Waals surface area contributed by atoms with Crippen molar-refractivity contribution in [1.82, 2.24) is 10.2 Å². The van der Waals surface area contributed by atoms with E-state index in [1.165, 1.54) is 4.90 Å². The zero-order chi connectivity index (χ0) is 24.5. The van der Waals surface area contributed by atoms with Gasteiger partial charge in [0.05, 0.1) is 12.7 Å². The Labute approximate surface area is 204 Å². The van der Waals surface area contributed by atoms with E-state index in [9.17, 15) is 19.5 Å². The van der Waals surface area contributed by atoms with Gasteiger partial charge in [-0.2, -0.15) is 0 Å². The van der Waals surface area contributed by atoms with Crippen molar-refractivity contribution in [3.8, 4) is 11.1 Å². The lowest BCUT2D eigenvalue weighted by Gasteiger charge is -2.41. The molecule has 1 aliphatic heterocycles. The third kappa shape index (κ3) is 4.38. The lowest BCUT2D eigenvalue weighted by atomic mass is 9.79. The summed E-state index contributed by atoms with van der Waals surface area (Å²) < 4.78 is 11.1. The highest BCUT2D eigenvalue weighted by Gasteiger charge is 2.44.